The van der Waals surface area contributed by atoms with E-state index in [0.717, 1.165) is 11.1 Å². The van der Waals surface area contributed by atoms with Crippen LogP contribution in [-0.4, -0.2) is 18.4 Å². The molecule has 1 aliphatic heterocycles. The zero-order valence-electron chi connectivity index (χ0n) is 12.3. The van der Waals surface area contributed by atoms with Crippen molar-refractivity contribution in [1.82, 2.24) is 0 Å². The van der Waals surface area contributed by atoms with Gasteiger partial charge >= 0.3 is 5.97 Å². The third kappa shape index (κ3) is 2.86. The monoisotopic (exact) mass is 296 g/mol. The molecule has 0 aromatic heterocycles. The number of esters is 1. The van der Waals surface area contributed by atoms with Crippen molar-refractivity contribution >= 4 is 11.8 Å². The molecule has 4 heteroatoms. The van der Waals surface area contributed by atoms with Gasteiger partial charge in [0.25, 0.3) is 0 Å². The van der Waals surface area contributed by atoms with Crippen LogP contribution in [-0.2, 0) is 22.6 Å². The zero-order chi connectivity index (χ0) is 15.5. The molecule has 2 aromatic rings. The first-order valence-corrected chi connectivity index (χ1v) is 7.17. The van der Waals surface area contributed by atoms with Gasteiger partial charge in [0.15, 0.2) is 5.78 Å². The fourth-order valence-electron chi connectivity index (χ4n) is 2.52. The van der Waals surface area contributed by atoms with Gasteiger partial charge in [-0.3, -0.25) is 9.59 Å². The van der Waals surface area contributed by atoms with Gasteiger partial charge in [-0.2, -0.15) is 0 Å². The number of hydrogen-bond acceptors (Lipinski definition) is 4. The van der Waals surface area contributed by atoms with Gasteiger partial charge in [0.05, 0.1) is 12.2 Å². The maximum absolute atomic E-state index is 12.7. The number of benzene rings is 2. The molecular formula is C18H16O4. The Morgan fingerprint density at radius 3 is 2.82 bits per heavy atom. The van der Waals surface area contributed by atoms with E-state index in [1.54, 1.807) is 0 Å². The van der Waals surface area contributed by atoms with Crippen molar-refractivity contribution in [1.29, 1.82) is 0 Å². The largest absolute Gasteiger partial charge is 0.488 e. The van der Waals surface area contributed by atoms with Crippen molar-refractivity contribution in [3.8, 4) is 5.75 Å². The minimum Gasteiger partial charge on any atom is -0.488 e. The van der Waals surface area contributed by atoms with Gasteiger partial charge in [0.2, 0.25) is 0 Å². The second kappa shape index (κ2) is 6.02. The first-order valence-electron chi connectivity index (χ1n) is 7.17. The number of carbonyl (C=O) groups is 2. The Kier molecular flexibility index (Phi) is 3.92. The maximum Gasteiger partial charge on any atom is 0.302 e. The van der Waals surface area contributed by atoms with Crippen LogP contribution >= 0.6 is 0 Å². The van der Waals surface area contributed by atoms with E-state index >= 15 is 0 Å². The Hall–Kier alpha value is -2.62. The lowest BCUT2D eigenvalue weighted by Gasteiger charge is -2.08. The number of rotatable bonds is 3. The fourth-order valence-corrected chi connectivity index (χ4v) is 2.52. The molecule has 0 bridgehead atoms. The maximum atomic E-state index is 12.7. The number of ether oxygens (including phenoxy) is 2. The van der Waals surface area contributed by atoms with Crippen molar-refractivity contribution in [3.05, 3.63) is 64.7 Å². The molecular weight excluding hydrogens is 280 g/mol. The van der Waals surface area contributed by atoms with Gasteiger partial charge in [0.1, 0.15) is 12.4 Å². The van der Waals surface area contributed by atoms with E-state index in [4.69, 9.17) is 9.47 Å². The van der Waals surface area contributed by atoms with Crippen LogP contribution in [0.1, 0.15) is 34.0 Å². The normalized spacial score (nSPS) is 12.7. The summed E-state index contributed by atoms with van der Waals surface area (Å²) in [7, 11) is 0. The highest BCUT2D eigenvalue weighted by atomic mass is 16.5. The summed E-state index contributed by atoms with van der Waals surface area (Å²) in [6.07, 6.45) is 0.571. The van der Waals surface area contributed by atoms with Crippen molar-refractivity contribution in [2.75, 3.05) is 6.61 Å². The van der Waals surface area contributed by atoms with E-state index in [-0.39, 0.29) is 11.8 Å². The number of carbonyl (C=O) groups excluding carboxylic acids is 2. The molecule has 0 amide bonds. The highest BCUT2D eigenvalue weighted by molar-refractivity contribution is 6.12. The number of fused-ring (bicyclic) bond motifs is 2. The lowest BCUT2D eigenvalue weighted by molar-refractivity contribution is -0.140. The highest BCUT2D eigenvalue weighted by Crippen LogP contribution is 2.29. The smallest absolute Gasteiger partial charge is 0.302 e. The first kappa shape index (κ1) is 14.3. The van der Waals surface area contributed by atoms with E-state index in [2.05, 4.69) is 0 Å². The molecule has 4 nitrogen and oxygen atoms in total. The third-order valence-electron chi connectivity index (χ3n) is 3.63. The highest BCUT2D eigenvalue weighted by Gasteiger charge is 2.22. The standard InChI is InChI=1S/C18H16O4/c1-12(19)21-9-8-13-6-7-17-16(10-13)18(20)15-5-3-2-4-14(15)11-22-17/h2-7,10H,8-9,11H2,1H3. The molecule has 3 rings (SSSR count). The number of ketones is 1. The second-order valence-electron chi connectivity index (χ2n) is 5.20. The molecule has 112 valence electrons. The van der Waals surface area contributed by atoms with Crippen LogP contribution in [0.3, 0.4) is 0 Å². The summed E-state index contributed by atoms with van der Waals surface area (Å²) in [6, 6.07) is 13.0. The first-order chi connectivity index (χ1) is 10.6. The van der Waals surface area contributed by atoms with E-state index in [1.807, 2.05) is 42.5 Å². The molecule has 0 N–H and O–H groups in total. The van der Waals surface area contributed by atoms with E-state index < -0.39 is 0 Å². The fraction of sp³-hybridized carbons (Fsp3) is 0.222. The van der Waals surface area contributed by atoms with Gasteiger partial charge in [-0.15, -0.1) is 0 Å². The van der Waals surface area contributed by atoms with Crippen LogP contribution in [0.2, 0.25) is 0 Å². The van der Waals surface area contributed by atoms with E-state index in [0.29, 0.717) is 36.5 Å². The van der Waals surface area contributed by atoms with Crippen molar-refractivity contribution < 1.29 is 19.1 Å². The summed E-state index contributed by atoms with van der Waals surface area (Å²) in [5, 5.41) is 0. The summed E-state index contributed by atoms with van der Waals surface area (Å²) in [5.41, 5.74) is 3.07. The number of hydrogen-bond donors (Lipinski definition) is 0. The third-order valence-corrected chi connectivity index (χ3v) is 3.63. The molecule has 2 aromatic carbocycles. The Bertz CT molecular complexity index is 734. The zero-order valence-corrected chi connectivity index (χ0v) is 12.3. The van der Waals surface area contributed by atoms with Crippen LogP contribution in [0.15, 0.2) is 42.5 Å². The Morgan fingerprint density at radius 2 is 2.00 bits per heavy atom. The molecule has 0 fully saturated rings. The van der Waals surface area contributed by atoms with Gasteiger partial charge in [-0.05, 0) is 17.7 Å². The van der Waals surface area contributed by atoms with Gasteiger partial charge in [0, 0.05) is 24.5 Å². The van der Waals surface area contributed by atoms with Crippen molar-refractivity contribution in [2.24, 2.45) is 0 Å². The van der Waals surface area contributed by atoms with Crippen LogP contribution in [0, 0.1) is 0 Å². The molecule has 0 saturated carbocycles. The Balaban J connectivity index is 1.89. The van der Waals surface area contributed by atoms with Crippen LogP contribution in [0.4, 0.5) is 0 Å². The minimum absolute atomic E-state index is 0.0302. The predicted molar refractivity (Wildman–Crippen MR) is 81.0 cm³/mol. The van der Waals surface area contributed by atoms with Crippen LogP contribution in [0.5, 0.6) is 5.75 Å². The average Bonchev–Trinajstić information content (AvgIpc) is 2.65. The molecule has 1 aliphatic rings. The average molecular weight is 296 g/mol. The van der Waals surface area contributed by atoms with Crippen LogP contribution in [0.25, 0.3) is 0 Å². The molecule has 0 radical (unpaired) electrons. The molecule has 0 aliphatic carbocycles. The van der Waals surface area contributed by atoms with Crippen LogP contribution < -0.4 is 4.74 Å². The summed E-state index contributed by atoms with van der Waals surface area (Å²) in [4.78, 5) is 23.5. The lowest BCUT2D eigenvalue weighted by atomic mass is 9.97. The van der Waals surface area contributed by atoms with E-state index in [9.17, 15) is 9.59 Å². The van der Waals surface area contributed by atoms with Gasteiger partial charge in [-0.1, -0.05) is 30.3 Å². The quantitative estimate of drug-likeness (QED) is 0.817. The summed E-state index contributed by atoms with van der Waals surface area (Å²) >= 11 is 0. The molecule has 0 saturated heterocycles. The molecule has 0 spiro atoms. The van der Waals surface area contributed by atoms with E-state index in [1.165, 1.54) is 6.92 Å². The lowest BCUT2D eigenvalue weighted by Crippen LogP contribution is -2.06. The predicted octanol–water partition coefficient (Wildman–Crippen LogP) is 2.92. The molecule has 22 heavy (non-hydrogen) atoms. The second-order valence-corrected chi connectivity index (χ2v) is 5.20. The summed E-state index contributed by atoms with van der Waals surface area (Å²) in [5.74, 6) is 0.262. The Morgan fingerprint density at radius 1 is 1.18 bits per heavy atom. The van der Waals surface area contributed by atoms with Crippen molar-refractivity contribution in [2.45, 2.75) is 20.0 Å². The summed E-state index contributed by atoms with van der Waals surface area (Å²) in [6.45, 7) is 2.08. The molecule has 0 unspecified atom stereocenters. The minimum atomic E-state index is -0.303. The van der Waals surface area contributed by atoms with Gasteiger partial charge in [-0.25, -0.2) is 0 Å². The SMILES string of the molecule is CC(=O)OCCc1ccc2c(c1)C(=O)c1ccccc1CO2. The topological polar surface area (TPSA) is 52.6 Å². The molecule has 0 atom stereocenters. The van der Waals surface area contributed by atoms with Crippen molar-refractivity contribution in [3.63, 3.8) is 0 Å². The van der Waals surface area contributed by atoms with Gasteiger partial charge < -0.3 is 9.47 Å². The molecule has 1 heterocycles. The summed E-state index contributed by atoms with van der Waals surface area (Å²) < 4.78 is 10.7. The Labute approximate surface area is 128 Å².